The molecule has 5 rings (SSSR count). The largest absolute Gasteiger partial charge is 0.359 e. The van der Waals surface area contributed by atoms with Gasteiger partial charge in [0.1, 0.15) is 5.69 Å². The Morgan fingerprint density at radius 1 is 1.21 bits per heavy atom. The second-order valence-corrected chi connectivity index (χ2v) is 7.40. The zero-order valence-corrected chi connectivity index (χ0v) is 16.1. The van der Waals surface area contributed by atoms with Gasteiger partial charge >= 0.3 is 0 Å². The second kappa shape index (κ2) is 7.14. The summed E-state index contributed by atoms with van der Waals surface area (Å²) in [7, 11) is 2.12. The van der Waals surface area contributed by atoms with Crippen LogP contribution in [0.4, 0.5) is 5.69 Å². The number of pyridine rings is 2. The maximum absolute atomic E-state index is 12.8. The minimum Gasteiger partial charge on any atom is -0.359 e. The molecule has 0 saturated heterocycles. The van der Waals surface area contributed by atoms with Crippen molar-refractivity contribution >= 4 is 39.1 Å². The van der Waals surface area contributed by atoms with Crippen LogP contribution in [-0.2, 0) is 0 Å². The number of fused-ring (bicyclic) bond motifs is 2. The number of anilines is 1. The van der Waals surface area contributed by atoms with Gasteiger partial charge in [0.2, 0.25) is 0 Å². The van der Waals surface area contributed by atoms with Gasteiger partial charge in [-0.3, -0.25) is 9.78 Å². The first-order valence-electron chi connectivity index (χ1n) is 9.69. The van der Waals surface area contributed by atoms with Gasteiger partial charge in [0, 0.05) is 42.1 Å². The summed E-state index contributed by atoms with van der Waals surface area (Å²) in [5, 5.41) is 3.93. The average Bonchev–Trinajstić information content (AvgIpc) is 3.17. The number of likely N-dealkylation sites (N-methyl/N-ethyl adjacent to an activating group) is 1. The van der Waals surface area contributed by atoms with E-state index in [0.29, 0.717) is 5.69 Å². The Labute approximate surface area is 168 Å². The molecule has 4 aromatic rings. The second-order valence-electron chi connectivity index (χ2n) is 7.40. The van der Waals surface area contributed by atoms with Crippen molar-refractivity contribution in [2.75, 3.05) is 25.5 Å². The third kappa shape index (κ3) is 3.39. The molecule has 1 aliphatic heterocycles. The van der Waals surface area contributed by atoms with E-state index in [4.69, 9.17) is 0 Å². The fourth-order valence-corrected chi connectivity index (χ4v) is 3.73. The van der Waals surface area contributed by atoms with Crippen molar-refractivity contribution in [2.24, 2.45) is 0 Å². The molecule has 0 bridgehead atoms. The van der Waals surface area contributed by atoms with Crippen LogP contribution in [0.5, 0.6) is 0 Å². The fraction of sp³-hybridized carbons (Fsp3) is 0.174. The zero-order chi connectivity index (χ0) is 19.8. The minimum absolute atomic E-state index is 0.223. The van der Waals surface area contributed by atoms with E-state index < -0.39 is 0 Å². The van der Waals surface area contributed by atoms with Gasteiger partial charge in [-0.2, -0.15) is 0 Å². The number of aromatic amines is 1. The molecule has 1 aliphatic rings. The van der Waals surface area contributed by atoms with Crippen molar-refractivity contribution in [1.29, 1.82) is 0 Å². The van der Waals surface area contributed by atoms with Crippen LogP contribution in [-0.4, -0.2) is 45.9 Å². The molecule has 0 spiro atoms. The highest BCUT2D eigenvalue weighted by Crippen LogP contribution is 2.28. The molecule has 4 heterocycles. The van der Waals surface area contributed by atoms with Crippen LogP contribution in [0, 0.1) is 0 Å². The number of nitrogens with zero attached hydrogens (tertiary/aromatic N) is 3. The van der Waals surface area contributed by atoms with Gasteiger partial charge in [-0.1, -0.05) is 12.1 Å². The van der Waals surface area contributed by atoms with E-state index in [2.05, 4.69) is 38.3 Å². The lowest BCUT2D eigenvalue weighted by molar-refractivity contribution is 0.102. The standard InChI is InChI=1S/C23H21N5O/c1-28-11-8-15(9-12-28)18-14-25-20-6-7-21(27-22(18)20)23(29)26-17-4-5-19-16(13-17)3-2-10-24-19/h2-8,10,13-14,25H,9,11-12H2,1H3,(H,26,29). The van der Waals surface area contributed by atoms with Crippen molar-refractivity contribution in [2.45, 2.75) is 6.42 Å². The summed E-state index contributed by atoms with van der Waals surface area (Å²) >= 11 is 0. The molecular formula is C23H21N5O. The maximum Gasteiger partial charge on any atom is 0.274 e. The molecule has 0 radical (unpaired) electrons. The first-order chi connectivity index (χ1) is 14.2. The van der Waals surface area contributed by atoms with Crippen molar-refractivity contribution in [1.82, 2.24) is 19.9 Å². The number of nitrogens with one attached hydrogen (secondary N) is 2. The van der Waals surface area contributed by atoms with E-state index in [1.54, 1.807) is 12.3 Å². The van der Waals surface area contributed by atoms with E-state index in [1.807, 2.05) is 42.6 Å². The lowest BCUT2D eigenvalue weighted by Crippen LogP contribution is -2.23. The lowest BCUT2D eigenvalue weighted by atomic mass is 10.0. The van der Waals surface area contributed by atoms with Crippen molar-refractivity contribution in [3.8, 4) is 0 Å². The SMILES string of the molecule is CN1CC=C(c2c[nH]c3ccc(C(=O)Nc4ccc5ncccc5c4)nc23)CC1. The number of amides is 1. The molecule has 3 aromatic heterocycles. The Hall–Kier alpha value is -3.51. The summed E-state index contributed by atoms with van der Waals surface area (Å²) in [4.78, 5) is 27.4. The monoisotopic (exact) mass is 383 g/mol. The van der Waals surface area contributed by atoms with Gasteiger partial charge in [-0.05, 0) is 55.4 Å². The molecule has 1 aromatic carbocycles. The Bertz CT molecular complexity index is 1260. The summed E-state index contributed by atoms with van der Waals surface area (Å²) in [5.74, 6) is -0.223. The smallest absolute Gasteiger partial charge is 0.274 e. The molecule has 0 saturated carbocycles. The number of aromatic nitrogens is 3. The molecule has 29 heavy (non-hydrogen) atoms. The first-order valence-corrected chi connectivity index (χ1v) is 9.69. The van der Waals surface area contributed by atoms with Gasteiger partial charge in [0.15, 0.2) is 0 Å². The number of hydrogen-bond donors (Lipinski definition) is 2. The number of carbonyl (C=O) groups is 1. The van der Waals surface area contributed by atoms with Crippen molar-refractivity contribution in [3.63, 3.8) is 0 Å². The fourth-order valence-electron chi connectivity index (χ4n) is 3.73. The Kier molecular flexibility index (Phi) is 4.33. The zero-order valence-electron chi connectivity index (χ0n) is 16.1. The first kappa shape index (κ1) is 17.6. The van der Waals surface area contributed by atoms with Crippen LogP contribution in [0.15, 0.2) is 60.9 Å². The summed E-state index contributed by atoms with van der Waals surface area (Å²) in [6.45, 7) is 1.95. The predicted octanol–water partition coefficient (Wildman–Crippen LogP) is 4.08. The van der Waals surface area contributed by atoms with Crippen LogP contribution in [0.25, 0.3) is 27.5 Å². The summed E-state index contributed by atoms with van der Waals surface area (Å²) in [6, 6.07) is 13.2. The number of rotatable bonds is 3. The van der Waals surface area contributed by atoms with E-state index in [-0.39, 0.29) is 5.91 Å². The summed E-state index contributed by atoms with van der Waals surface area (Å²) < 4.78 is 0. The molecule has 1 amide bonds. The summed E-state index contributed by atoms with van der Waals surface area (Å²) in [6.07, 6.45) is 6.97. The molecule has 6 heteroatoms. The van der Waals surface area contributed by atoms with E-state index in [1.165, 1.54) is 5.57 Å². The lowest BCUT2D eigenvalue weighted by Gasteiger charge is -2.21. The van der Waals surface area contributed by atoms with Gasteiger partial charge in [-0.15, -0.1) is 0 Å². The van der Waals surface area contributed by atoms with Gasteiger partial charge in [0.25, 0.3) is 5.91 Å². The molecule has 0 aliphatic carbocycles. The van der Waals surface area contributed by atoms with E-state index >= 15 is 0 Å². The quantitative estimate of drug-likeness (QED) is 0.559. The Morgan fingerprint density at radius 2 is 2.14 bits per heavy atom. The molecule has 6 nitrogen and oxygen atoms in total. The summed E-state index contributed by atoms with van der Waals surface area (Å²) in [5.41, 5.74) is 6.17. The van der Waals surface area contributed by atoms with E-state index in [9.17, 15) is 4.79 Å². The van der Waals surface area contributed by atoms with Gasteiger partial charge in [0.05, 0.1) is 16.6 Å². The Balaban J connectivity index is 1.44. The highest BCUT2D eigenvalue weighted by Gasteiger charge is 2.16. The molecule has 0 atom stereocenters. The topological polar surface area (TPSA) is 73.9 Å². The van der Waals surface area contributed by atoms with E-state index in [0.717, 1.165) is 52.7 Å². The van der Waals surface area contributed by atoms with Crippen LogP contribution >= 0.6 is 0 Å². The molecule has 2 N–H and O–H groups in total. The predicted molar refractivity (Wildman–Crippen MR) is 116 cm³/mol. The normalized spacial score (nSPS) is 14.9. The van der Waals surface area contributed by atoms with Gasteiger partial charge in [-0.25, -0.2) is 4.98 Å². The highest BCUT2D eigenvalue weighted by molar-refractivity contribution is 6.05. The number of carbonyl (C=O) groups excluding carboxylic acids is 1. The third-order valence-corrected chi connectivity index (χ3v) is 5.37. The van der Waals surface area contributed by atoms with Crippen LogP contribution in [0.1, 0.15) is 22.5 Å². The Morgan fingerprint density at radius 3 is 3.00 bits per heavy atom. The number of hydrogen-bond acceptors (Lipinski definition) is 4. The molecule has 0 unspecified atom stereocenters. The van der Waals surface area contributed by atoms with Crippen LogP contribution < -0.4 is 5.32 Å². The number of H-pyrrole nitrogens is 1. The van der Waals surface area contributed by atoms with Crippen molar-refractivity contribution < 1.29 is 4.79 Å². The molecule has 0 fully saturated rings. The van der Waals surface area contributed by atoms with Crippen LogP contribution in [0.3, 0.4) is 0 Å². The van der Waals surface area contributed by atoms with Crippen LogP contribution in [0.2, 0.25) is 0 Å². The van der Waals surface area contributed by atoms with Gasteiger partial charge < -0.3 is 15.2 Å². The third-order valence-electron chi connectivity index (χ3n) is 5.37. The number of benzene rings is 1. The van der Waals surface area contributed by atoms with Crippen molar-refractivity contribution in [3.05, 3.63) is 72.2 Å². The molecule has 144 valence electrons. The minimum atomic E-state index is -0.223. The maximum atomic E-state index is 12.8. The highest BCUT2D eigenvalue weighted by atomic mass is 16.1. The average molecular weight is 383 g/mol. The molecular weight excluding hydrogens is 362 g/mol.